The number of methoxy groups -OCH3 is 3. The van der Waals surface area contributed by atoms with Gasteiger partial charge in [-0.25, -0.2) is 0 Å². The molecule has 0 aliphatic rings. The highest BCUT2D eigenvalue weighted by Crippen LogP contribution is 2.31. The van der Waals surface area contributed by atoms with Crippen LogP contribution in [0.2, 0.25) is 0 Å². The van der Waals surface area contributed by atoms with Crippen LogP contribution in [0.4, 0.5) is 0 Å². The third-order valence-corrected chi connectivity index (χ3v) is 3.23. The molecule has 0 saturated heterocycles. The molecular formula is C13H17N3O3S. The summed E-state index contributed by atoms with van der Waals surface area (Å²) in [5.74, 6) is 2.07. The lowest BCUT2D eigenvalue weighted by Gasteiger charge is -2.10. The monoisotopic (exact) mass is 295 g/mol. The molecule has 0 amide bonds. The van der Waals surface area contributed by atoms with Crippen LogP contribution in [0.15, 0.2) is 18.2 Å². The van der Waals surface area contributed by atoms with Gasteiger partial charge in [-0.15, -0.1) is 0 Å². The molecule has 2 aromatic rings. The smallest absolute Gasteiger partial charge is 0.195 e. The third-order valence-electron chi connectivity index (χ3n) is 2.92. The summed E-state index contributed by atoms with van der Waals surface area (Å²) in [6, 6.07) is 5.62. The maximum atomic E-state index is 5.30. The molecule has 0 aliphatic carbocycles. The maximum Gasteiger partial charge on any atom is 0.195 e. The van der Waals surface area contributed by atoms with Crippen LogP contribution in [0.25, 0.3) is 11.4 Å². The van der Waals surface area contributed by atoms with Crippen LogP contribution >= 0.6 is 12.2 Å². The van der Waals surface area contributed by atoms with E-state index in [2.05, 4.69) is 10.2 Å². The van der Waals surface area contributed by atoms with E-state index in [9.17, 15) is 0 Å². The number of aromatic nitrogens is 3. The molecule has 1 N–H and O–H groups in total. The molecule has 0 radical (unpaired) electrons. The van der Waals surface area contributed by atoms with Gasteiger partial charge in [-0.1, -0.05) is 0 Å². The van der Waals surface area contributed by atoms with Crippen LogP contribution in [0.1, 0.15) is 0 Å². The van der Waals surface area contributed by atoms with Gasteiger partial charge < -0.3 is 14.2 Å². The topological polar surface area (TPSA) is 61.3 Å². The number of H-pyrrole nitrogens is 1. The highest BCUT2D eigenvalue weighted by Gasteiger charge is 2.12. The summed E-state index contributed by atoms with van der Waals surface area (Å²) >= 11 is 5.23. The Morgan fingerprint density at radius 3 is 2.60 bits per heavy atom. The Labute approximate surface area is 122 Å². The van der Waals surface area contributed by atoms with E-state index in [1.165, 1.54) is 0 Å². The molecule has 2 rings (SSSR count). The van der Waals surface area contributed by atoms with Crippen LogP contribution in [-0.4, -0.2) is 42.7 Å². The van der Waals surface area contributed by atoms with E-state index in [0.29, 0.717) is 29.4 Å². The summed E-state index contributed by atoms with van der Waals surface area (Å²) < 4.78 is 18.1. The fourth-order valence-electron chi connectivity index (χ4n) is 1.90. The van der Waals surface area contributed by atoms with Gasteiger partial charge in [0.15, 0.2) is 22.1 Å². The Kier molecular flexibility index (Phi) is 4.75. The fourth-order valence-corrected chi connectivity index (χ4v) is 2.13. The van der Waals surface area contributed by atoms with Gasteiger partial charge >= 0.3 is 0 Å². The van der Waals surface area contributed by atoms with Crippen molar-refractivity contribution in [3.63, 3.8) is 0 Å². The molecule has 0 unspecified atom stereocenters. The van der Waals surface area contributed by atoms with E-state index in [1.807, 2.05) is 22.8 Å². The van der Waals surface area contributed by atoms with Gasteiger partial charge in [0.25, 0.3) is 0 Å². The fraction of sp³-hybridized carbons (Fsp3) is 0.385. The first-order chi connectivity index (χ1) is 9.71. The lowest BCUT2D eigenvalue weighted by molar-refractivity contribution is 0.187. The summed E-state index contributed by atoms with van der Waals surface area (Å²) in [6.07, 6.45) is 0. The Hall–Kier alpha value is -1.86. The Morgan fingerprint density at radius 2 is 1.95 bits per heavy atom. The van der Waals surface area contributed by atoms with Gasteiger partial charge in [0.05, 0.1) is 27.4 Å². The summed E-state index contributed by atoms with van der Waals surface area (Å²) in [5, 5.41) is 7.06. The van der Waals surface area contributed by atoms with Crippen molar-refractivity contribution < 1.29 is 14.2 Å². The predicted molar refractivity (Wildman–Crippen MR) is 77.8 cm³/mol. The van der Waals surface area contributed by atoms with Gasteiger partial charge in [0.2, 0.25) is 0 Å². The van der Waals surface area contributed by atoms with Crippen LogP contribution < -0.4 is 9.47 Å². The van der Waals surface area contributed by atoms with E-state index in [4.69, 9.17) is 26.4 Å². The maximum absolute atomic E-state index is 5.30. The van der Waals surface area contributed by atoms with Crippen LogP contribution in [0, 0.1) is 4.77 Å². The molecule has 0 fully saturated rings. The lowest BCUT2D eigenvalue weighted by atomic mass is 10.2. The number of rotatable bonds is 6. The van der Waals surface area contributed by atoms with Crippen molar-refractivity contribution >= 4 is 12.2 Å². The van der Waals surface area contributed by atoms with Gasteiger partial charge in [0, 0.05) is 12.7 Å². The summed E-state index contributed by atoms with van der Waals surface area (Å²) in [6.45, 7) is 1.20. The number of hydrogen-bond acceptors (Lipinski definition) is 5. The second-order valence-electron chi connectivity index (χ2n) is 4.07. The van der Waals surface area contributed by atoms with Crippen LogP contribution in [0.5, 0.6) is 11.5 Å². The minimum absolute atomic E-state index is 0.562. The van der Waals surface area contributed by atoms with E-state index in [1.54, 1.807) is 21.3 Å². The van der Waals surface area contributed by atoms with Gasteiger partial charge in [0.1, 0.15) is 0 Å². The van der Waals surface area contributed by atoms with E-state index in [-0.39, 0.29) is 0 Å². The lowest BCUT2D eigenvalue weighted by Crippen LogP contribution is -2.06. The van der Waals surface area contributed by atoms with Crippen LogP contribution in [0.3, 0.4) is 0 Å². The molecule has 0 saturated carbocycles. The summed E-state index contributed by atoms with van der Waals surface area (Å²) in [7, 11) is 4.86. The number of ether oxygens (including phenoxy) is 3. The van der Waals surface area contributed by atoms with Crippen molar-refractivity contribution in [2.45, 2.75) is 6.54 Å². The highest BCUT2D eigenvalue weighted by atomic mass is 32.1. The molecule has 6 nitrogen and oxygen atoms in total. The molecular weight excluding hydrogens is 278 g/mol. The molecule has 1 aromatic carbocycles. The highest BCUT2D eigenvalue weighted by molar-refractivity contribution is 7.71. The second kappa shape index (κ2) is 6.53. The van der Waals surface area contributed by atoms with Crippen molar-refractivity contribution in [1.29, 1.82) is 0 Å². The number of nitrogens with one attached hydrogen (secondary N) is 1. The van der Waals surface area contributed by atoms with Crippen LogP contribution in [-0.2, 0) is 11.3 Å². The largest absolute Gasteiger partial charge is 0.493 e. The third kappa shape index (κ3) is 2.83. The molecule has 1 aromatic heterocycles. The van der Waals surface area contributed by atoms with E-state index >= 15 is 0 Å². The van der Waals surface area contributed by atoms with Crippen molar-refractivity contribution in [3.05, 3.63) is 23.0 Å². The van der Waals surface area contributed by atoms with Crippen molar-refractivity contribution in [1.82, 2.24) is 14.8 Å². The quantitative estimate of drug-likeness (QED) is 0.828. The molecule has 0 bridgehead atoms. The Morgan fingerprint density at radius 1 is 1.20 bits per heavy atom. The number of nitrogens with zero attached hydrogens (tertiary/aromatic N) is 2. The standard InChI is InChI=1S/C13H17N3O3S/c1-17-7-6-16-12(14-15-13(16)20)9-4-5-10(18-2)11(8-9)19-3/h4-5,8H,6-7H2,1-3H3,(H,15,20). The zero-order chi connectivity index (χ0) is 14.5. The minimum Gasteiger partial charge on any atom is -0.493 e. The normalized spacial score (nSPS) is 10.6. The molecule has 7 heteroatoms. The van der Waals surface area contributed by atoms with Crippen molar-refractivity contribution in [3.8, 4) is 22.9 Å². The SMILES string of the molecule is COCCn1c(-c2ccc(OC)c(OC)c2)n[nH]c1=S. The molecule has 108 valence electrons. The first-order valence-electron chi connectivity index (χ1n) is 6.07. The first-order valence-corrected chi connectivity index (χ1v) is 6.48. The Balaban J connectivity index is 2.43. The molecule has 1 heterocycles. The van der Waals surface area contributed by atoms with Crippen molar-refractivity contribution in [2.24, 2.45) is 0 Å². The molecule has 0 aliphatic heterocycles. The van der Waals surface area contributed by atoms with Gasteiger partial charge in [-0.2, -0.15) is 5.10 Å². The average Bonchev–Trinajstić information content (AvgIpc) is 2.85. The second-order valence-corrected chi connectivity index (χ2v) is 4.45. The summed E-state index contributed by atoms with van der Waals surface area (Å²) in [5.41, 5.74) is 0.895. The van der Waals surface area contributed by atoms with E-state index < -0.39 is 0 Å². The zero-order valence-electron chi connectivity index (χ0n) is 11.7. The predicted octanol–water partition coefficient (Wildman–Crippen LogP) is 2.27. The van der Waals surface area contributed by atoms with Gasteiger partial charge in [-0.05, 0) is 30.4 Å². The number of aromatic amines is 1. The number of benzene rings is 1. The van der Waals surface area contributed by atoms with Gasteiger partial charge in [-0.3, -0.25) is 9.67 Å². The molecule has 0 spiro atoms. The van der Waals surface area contributed by atoms with Crippen molar-refractivity contribution in [2.75, 3.05) is 27.9 Å². The molecule has 0 atom stereocenters. The number of hydrogen-bond donors (Lipinski definition) is 1. The van der Waals surface area contributed by atoms with E-state index in [0.717, 1.165) is 11.4 Å². The Bertz CT molecular complexity index is 636. The first kappa shape index (κ1) is 14.5. The minimum atomic E-state index is 0.562. The average molecular weight is 295 g/mol. The summed E-state index contributed by atoms with van der Waals surface area (Å²) in [4.78, 5) is 0. The zero-order valence-corrected chi connectivity index (χ0v) is 12.5. The molecule has 20 heavy (non-hydrogen) atoms.